The molecule has 0 saturated heterocycles. The number of hydrogen-bond donors (Lipinski definition) is 2. The van der Waals surface area contributed by atoms with Gasteiger partial charge < -0.3 is 14.8 Å². The van der Waals surface area contributed by atoms with Gasteiger partial charge in [-0.25, -0.2) is 9.78 Å². The number of nitrogens with one attached hydrogen (secondary N) is 1. The first-order valence-electron chi connectivity index (χ1n) is 5.51. The van der Waals surface area contributed by atoms with Crippen molar-refractivity contribution in [2.75, 3.05) is 0 Å². The van der Waals surface area contributed by atoms with Crippen molar-refractivity contribution in [1.82, 2.24) is 10.3 Å². The van der Waals surface area contributed by atoms with Crippen LogP contribution in [0.1, 0.15) is 36.5 Å². The Hall–Kier alpha value is -2.15. The third-order valence-corrected chi connectivity index (χ3v) is 3.65. The van der Waals surface area contributed by atoms with Crippen molar-refractivity contribution in [2.24, 2.45) is 0 Å². The minimum absolute atomic E-state index is 0.178. The largest absolute Gasteiger partial charge is 0.477 e. The minimum atomic E-state index is -1.01. The van der Waals surface area contributed by atoms with E-state index in [9.17, 15) is 9.59 Å². The van der Waals surface area contributed by atoms with E-state index in [1.54, 1.807) is 19.9 Å². The number of carboxylic acids is 1. The van der Waals surface area contributed by atoms with Gasteiger partial charge in [-0.1, -0.05) is 0 Å². The highest BCUT2D eigenvalue weighted by Gasteiger charge is 2.16. The molecule has 0 aliphatic rings. The fourth-order valence-corrected chi connectivity index (χ4v) is 2.41. The quantitative estimate of drug-likeness (QED) is 0.893. The highest BCUT2D eigenvalue weighted by atomic mass is 32.1. The minimum Gasteiger partial charge on any atom is -0.477 e. The van der Waals surface area contributed by atoms with E-state index in [2.05, 4.69) is 10.3 Å². The second-order valence-electron chi connectivity index (χ2n) is 3.94. The summed E-state index contributed by atoms with van der Waals surface area (Å²) in [4.78, 5) is 26.9. The molecule has 0 spiro atoms. The zero-order valence-electron chi connectivity index (χ0n) is 10.4. The number of carboxylic acid groups (broad SMARTS) is 1. The standard InChI is InChI=1S/C12H12N2O4S/c1-6-3-4-18-9(6)11(15)13-5-8-14-7(2)10(19-8)12(16)17/h3-4H,5H2,1-2H3,(H,13,15)(H,16,17). The first-order chi connectivity index (χ1) is 8.99. The molecule has 0 saturated carbocycles. The Morgan fingerprint density at radius 1 is 1.47 bits per heavy atom. The fraction of sp³-hybridized carbons (Fsp3) is 0.250. The maximum absolute atomic E-state index is 11.8. The van der Waals surface area contributed by atoms with E-state index < -0.39 is 5.97 Å². The molecule has 19 heavy (non-hydrogen) atoms. The number of hydrogen-bond acceptors (Lipinski definition) is 5. The molecule has 0 atom stereocenters. The van der Waals surface area contributed by atoms with Crippen molar-refractivity contribution < 1.29 is 19.1 Å². The third-order valence-electron chi connectivity index (χ3n) is 2.50. The van der Waals surface area contributed by atoms with Gasteiger partial charge in [-0.05, 0) is 19.9 Å². The lowest BCUT2D eigenvalue weighted by molar-refractivity contribution is 0.0701. The number of aromatic carboxylic acids is 1. The van der Waals surface area contributed by atoms with Crippen LogP contribution < -0.4 is 5.32 Å². The van der Waals surface area contributed by atoms with Crippen LogP contribution in [-0.4, -0.2) is 22.0 Å². The van der Waals surface area contributed by atoms with E-state index in [1.807, 2.05) is 0 Å². The van der Waals surface area contributed by atoms with Gasteiger partial charge in [0.2, 0.25) is 0 Å². The second-order valence-corrected chi connectivity index (χ2v) is 5.03. The molecular weight excluding hydrogens is 268 g/mol. The van der Waals surface area contributed by atoms with E-state index in [-0.39, 0.29) is 23.1 Å². The summed E-state index contributed by atoms with van der Waals surface area (Å²) < 4.78 is 5.06. The SMILES string of the molecule is Cc1ccoc1C(=O)NCc1nc(C)c(C(=O)O)s1. The van der Waals surface area contributed by atoms with Crippen molar-refractivity contribution in [3.8, 4) is 0 Å². The highest BCUT2D eigenvalue weighted by molar-refractivity contribution is 7.13. The van der Waals surface area contributed by atoms with Gasteiger partial charge in [0.15, 0.2) is 5.76 Å². The van der Waals surface area contributed by atoms with Crippen LogP contribution in [0.2, 0.25) is 0 Å². The molecule has 6 nitrogen and oxygen atoms in total. The van der Waals surface area contributed by atoms with E-state index in [0.29, 0.717) is 10.7 Å². The predicted molar refractivity (Wildman–Crippen MR) is 68.4 cm³/mol. The van der Waals surface area contributed by atoms with Crippen LogP contribution in [0, 0.1) is 13.8 Å². The average molecular weight is 280 g/mol. The monoisotopic (exact) mass is 280 g/mol. The van der Waals surface area contributed by atoms with E-state index in [4.69, 9.17) is 9.52 Å². The van der Waals surface area contributed by atoms with Crippen LogP contribution in [0.5, 0.6) is 0 Å². The summed E-state index contributed by atoms with van der Waals surface area (Å²) in [6.07, 6.45) is 1.44. The van der Waals surface area contributed by atoms with Crippen LogP contribution in [0.25, 0.3) is 0 Å². The first kappa shape index (κ1) is 13.3. The fourth-order valence-electron chi connectivity index (χ4n) is 1.57. The van der Waals surface area contributed by atoms with E-state index in [1.165, 1.54) is 6.26 Å². The third kappa shape index (κ3) is 2.82. The molecule has 0 fully saturated rings. The van der Waals surface area contributed by atoms with Gasteiger partial charge in [-0.3, -0.25) is 4.79 Å². The smallest absolute Gasteiger partial charge is 0.347 e. The number of carbonyl (C=O) groups is 2. The molecule has 0 aromatic carbocycles. The molecule has 2 aromatic rings. The molecule has 0 bridgehead atoms. The summed E-state index contributed by atoms with van der Waals surface area (Å²) in [7, 11) is 0. The topological polar surface area (TPSA) is 92.4 Å². The number of carbonyl (C=O) groups excluding carboxylic acids is 1. The van der Waals surface area contributed by atoms with Crippen LogP contribution in [0.15, 0.2) is 16.7 Å². The normalized spacial score (nSPS) is 10.4. The van der Waals surface area contributed by atoms with Crippen LogP contribution in [0.3, 0.4) is 0 Å². The van der Waals surface area contributed by atoms with Gasteiger partial charge in [0.1, 0.15) is 9.88 Å². The number of aryl methyl sites for hydroxylation is 2. The molecule has 0 unspecified atom stereocenters. The number of nitrogens with zero attached hydrogens (tertiary/aromatic N) is 1. The molecule has 7 heteroatoms. The molecule has 2 rings (SSSR count). The molecule has 0 aliphatic carbocycles. The summed E-state index contributed by atoms with van der Waals surface area (Å²) in [6, 6.07) is 1.70. The maximum Gasteiger partial charge on any atom is 0.347 e. The average Bonchev–Trinajstić information content (AvgIpc) is 2.92. The molecule has 2 heterocycles. The summed E-state index contributed by atoms with van der Waals surface area (Å²) in [5, 5.41) is 12.1. The van der Waals surface area contributed by atoms with Gasteiger partial charge in [-0.2, -0.15) is 0 Å². The Bertz CT molecular complexity index is 629. The summed E-state index contributed by atoms with van der Waals surface area (Å²) >= 11 is 1.06. The van der Waals surface area contributed by atoms with Crippen molar-refractivity contribution in [2.45, 2.75) is 20.4 Å². The van der Waals surface area contributed by atoms with Gasteiger partial charge in [0.25, 0.3) is 5.91 Å². The van der Waals surface area contributed by atoms with Gasteiger partial charge >= 0.3 is 5.97 Å². The number of furan rings is 1. The summed E-state index contributed by atoms with van der Waals surface area (Å²) in [5.41, 5.74) is 1.20. The molecule has 2 N–H and O–H groups in total. The van der Waals surface area contributed by atoms with Crippen LogP contribution in [0.4, 0.5) is 0 Å². The molecule has 0 aliphatic heterocycles. The van der Waals surface area contributed by atoms with E-state index >= 15 is 0 Å². The number of thiazole rings is 1. The Morgan fingerprint density at radius 2 is 2.21 bits per heavy atom. The lowest BCUT2D eigenvalue weighted by Gasteiger charge is -2.00. The summed E-state index contributed by atoms with van der Waals surface area (Å²) in [6.45, 7) is 3.58. The Balaban J connectivity index is 2.03. The number of amides is 1. The van der Waals surface area contributed by atoms with Gasteiger partial charge in [0, 0.05) is 5.56 Å². The van der Waals surface area contributed by atoms with Crippen molar-refractivity contribution >= 4 is 23.2 Å². The molecule has 0 radical (unpaired) electrons. The molecule has 100 valence electrons. The number of rotatable bonds is 4. The second kappa shape index (κ2) is 5.23. The Kier molecular flexibility index (Phi) is 3.66. The van der Waals surface area contributed by atoms with E-state index in [0.717, 1.165) is 16.9 Å². The Morgan fingerprint density at radius 3 is 2.74 bits per heavy atom. The van der Waals surface area contributed by atoms with Crippen molar-refractivity contribution in [3.63, 3.8) is 0 Å². The Labute approximate surface area is 113 Å². The maximum atomic E-state index is 11.8. The van der Waals surface area contributed by atoms with Crippen molar-refractivity contribution in [3.05, 3.63) is 39.2 Å². The van der Waals surface area contributed by atoms with Gasteiger partial charge in [0.05, 0.1) is 18.5 Å². The van der Waals surface area contributed by atoms with Gasteiger partial charge in [-0.15, -0.1) is 11.3 Å². The molecule has 2 aromatic heterocycles. The van der Waals surface area contributed by atoms with Crippen LogP contribution in [-0.2, 0) is 6.54 Å². The zero-order valence-corrected chi connectivity index (χ0v) is 11.2. The van der Waals surface area contributed by atoms with Crippen LogP contribution >= 0.6 is 11.3 Å². The first-order valence-corrected chi connectivity index (χ1v) is 6.32. The lowest BCUT2D eigenvalue weighted by atomic mass is 10.3. The lowest BCUT2D eigenvalue weighted by Crippen LogP contribution is -2.22. The number of aromatic nitrogens is 1. The van der Waals surface area contributed by atoms with Crippen molar-refractivity contribution in [1.29, 1.82) is 0 Å². The molecule has 1 amide bonds. The predicted octanol–water partition coefficient (Wildman–Crippen LogP) is 1.98. The molecular formula is C12H12N2O4S. The summed E-state index contributed by atoms with van der Waals surface area (Å²) in [5.74, 6) is -1.09. The zero-order chi connectivity index (χ0) is 14.0. The highest BCUT2D eigenvalue weighted by Crippen LogP contribution is 2.18.